The highest BCUT2D eigenvalue weighted by molar-refractivity contribution is 7.99. The largest absolute Gasteiger partial charge is 0.465 e. The highest BCUT2D eigenvalue weighted by atomic mass is 32.2. The van der Waals surface area contributed by atoms with E-state index >= 15 is 0 Å². The molecule has 0 bridgehead atoms. The standard InChI is InChI=1S/C21H27N3O4S/c1-13(2)11-24-19(26)16-9-8-14(20(27)28-3)10-17(16)23-21(24)29-12-18(25)22-15-6-4-5-7-15/h8-10,13,15H,4-7,11-12H2,1-3H3,(H,22,25). The molecule has 1 aromatic heterocycles. The molecule has 1 saturated carbocycles. The van der Waals surface area contributed by atoms with E-state index in [9.17, 15) is 14.4 Å². The van der Waals surface area contributed by atoms with Gasteiger partial charge in [-0.1, -0.05) is 38.5 Å². The zero-order valence-corrected chi connectivity index (χ0v) is 17.9. The molecule has 8 heteroatoms. The molecule has 1 amide bonds. The zero-order valence-electron chi connectivity index (χ0n) is 17.1. The molecule has 0 aliphatic heterocycles. The predicted molar refractivity (Wildman–Crippen MR) is 113 cm³/mol. The van der Waals surface area contributed by atoms with E-state index in [1.54, 1.807) is 22.8 Å². The molecular weight excluding hydrogens is 390 g/mol. The van der Waals surface area contributed by atoms with Gasteiger partial charge in [0.2, 0.25) is 5.91 Å². The average Bonchev–Trinajstić information content (AvgIpc) is 3.20. The fraction of sp³-hybridized carbons (Fsp3) is 0.524. The number of carbonyl (C=O) groups excluding carboxylic acids is 2. The maximum absolute atomic E-state index is 13.1. The zero-order chi connectivity index (χ0) is 21.0. The maximum atomic E-state index is 13.1. The van der Waals surface area contributed by atoms with Gasteiger partial charge in [-0.25, -0.2) is 9.78 Å². The number of nitrogens with one attached hydrogen (secondary N) is 1. The lowest BCUT2D eigenvalue weighted by Crippen LogP contribution is -2.34. The summed E-state index contributed by atoms with van der Waals surface area (Å²) in [5.41, 5.74) is 0.596. The molecule has 0 spiro atoms. The summed E-state index contributed by atoms with van der Waals surface area (Å²) in [4.78, 5) is 41.8. The third kappa shape index (κ3) is 5.18. The Morgan fingerprint density at radius 1 is 1.31 bits per heavy atom. The molecule has 7 nitrogen and oxygen atoms in total. The van der Waals surface area contributed by atoms with Crippen molar-refractivity contribution in [3.8, 4) is 0 Å². The van der Waals surface area contributed by atoms with E-state index in [1.807, 2.05) is 13.8 Å². The van der Waals surface area contributed by atoms with Crippen LogP contribution in [-0.4, -0.2) is 40.3 Å². The number of benzene rings is 1. The van der Waals surface area contributed by atoms with E-state index in [0.717, 1.165) is 25.7 Å². The van der Waals surface area contributed by atoms with Crippen LogP contribution in [0.4, 0.5) is 0 Å². The summed E-state index contributed by atoms with van der Waals surface area (Å²) in [6.45, 7) is 4.56. The number of esters is 1. The number of aromatic nitrogens is 2. The van der Waals surface area contributed by atoms with Crippen molar-refractivity contribution in [1.29, 1.82) is 0 Å². The van der Waals surface area contributed by atoms with Crippen molar-refractivity contribution in [3.05, 3.63) is 34.1 Å². The van der Waals surface area contributed by atoms with Crippen molar-refractivity contribution in [2.24, 2.45) is 5.92 Å². The molecular formula is C21H27N3O4S. The topological polar surface area (TPSA) is 90.3 Å². The molecule has 1 aromatic carbocycles. The third-order valence-electron chi connectivity index (χ3n) is 4.94. The molecule has 0 unspecified atom stereocenters. The van der Waals surface area contributed by atoms with Crippen LogP contribution in [0.15, 0.2) is 28.2 Å². The molecule has 1 aliphatic carbocycles. The monoisotopic (exact) mass is 417 g/mol. The second-order valence-electron chi connectivity index (χ2n) is 7.77. The van der Waals surface area contributed by atoms with E-state index in [2.05, 4.69) is 10.3 Å². The summed E-state index contributed by atoms with van der Waals surface area (Å²) in [5.74, 6) is -0.0859. The molecule has 1 fully saturated rings. The molecule has 1 heterocycles. The molecule has 0 atom stereocenters. The van der Waals surface area contributed by atoms with Crippen molar-refractivity contribution in [1.82, 2.24) is 14.9 Å². The summed E-state index contributed by atoms with van der Waals surface area (Å²) in [6, 6.07) is 4.99. The van der Waals surface area contributed by atoms with Crippen LogP contribution in [0.2, 0.25) is 0 Å². The molecule has 156 valence electrons. The van der Waals surface area contributed by atoms with Crippen molar-refractivity contribution < 1.29 is 14.3 Å². The van der Waals surface area contributed by atoms with Gasteiger partial charge in [-0.05, 0) is 37.0 Å². The Morgan fingerprint density at radius 3 is 2.69 bits per heavy atom. The lowest BCUT2D eigenvalue weighted by molar-refractivity contribution is -0.119. The van der Waals surface area contributed by atoms with E-state index in [4.69, 9.17) is 4.74 Å². The minimum Gasteiger partial charge on any atom is -0.465 e. The molecule has 29 heavy (non-hydrogen) atoms. The van der Waals surface area contributed by atoms with E-state index < -0.39 is 5.97 Å². The number of amides is 1. The lowest BCUT2D eigenvalue weighted by atomic mass is 10.1. The van der Waals surface area contributed by atoms with Gasteiger partial charge in [0, 0.05) is 12.6 Å². The number of nitrogens with zero attached hydrogens (tertiary/aromatic N) is 2. The van der Waals surface area contributed by atoms with Crippen LogP contribution >= 0.6 is 11.8 Å². The Morgan fingerprint density at radius 2 is 2.03 bits per heavy atom. The van der Waals surface area contributed by atoms with Gasteiger partial charge in [-0.2, -0.15) is 0 Å². The number of methoxy groups -OCH3 is 1. The summed E-state index contributed by atoms with van der Waals surface area (Å²) >= 11 is 1.25. The highest BCUT2D eigenvalue weighted by Crippen LogP contribution is 2.21. The normalized spacial score (nSPS) is 14.5. The van der Waals surface area contributed by atoms with Crippen LogP contribution in [0, 0.1) is 5.92 Å². The molecule has 1 N–H and O–H groups in total. The Hall–Kier alpha value is -2.35. The van der Waals surface area contributed by atoms with Gasteiger partial charge in [0.05, 0.1) is 29.3 Å². The van der Waals surface area contributed by atoms with Gasteiger partial charge in [0.15, 0.2) is 5.16 Å². The van der Waals surface area contributed by atoms with Gasteiger partial charge in [-0.15, -0.1) is 0 Å². The van der Waals surface area contributed by atoms with Crippen molar-refractivity contribution >= 4 is 34.5 Å². The third-order valence-corrected chi connectivity index (χ3v) is 5.92. The van der Waals surface area contributed by atoms with E-state index in [1.165, 1.54) is 18.9 Å². The number of ether oxygens (including phenoxy) is 1. The Labute approximate surface area is 174 Å². The Balaban J connectivity index is 1.90. The number of rotatable bonds is 7. The van der Waals surface area contributed by atoms with Crippen LogP contribution < -0.4 is 10.9 Å². The number of hydrogen-bond acceptors (Lipinski definition) is 6. The summed E-state index contributed by atoms with van der Waals surface area (Å²) in [5, 5.41) is 3.99. The summed E-state index contributed by atoms with van der Waals surface area (Å²) < 4.78 is 6.38. The predicted octanol–water partition coefficient (Wildman–Crippen LogP) is 2.99. The van der Waals surface area contributed by atoms with E-state index in [-0.39, 0.29) is 29.2 Å². The molecule has 3 rings (SSSR count). The number of thioether (sulfide) groups is 1. The smallest absolute Gasteiger partial charge is 0.337 e. The SMILES string of the molecule is COC(=O)c1ccc2c(=O)n(CC(C)C)c(SCC(=O)NC3CCCC3)nc2c1. The number of hydrogen-bond donors (Lipinski definition) is 1. The fourth-order valence-corrected chi connectivity index (χ4v) is 4.37. The van der Waals surface area contributed by atoms with Crippen LogP contribution in [0.25, 0.3) is 10.9 Å². The second kappa shape index (κ2) is 9.43. The highest BCUT2D eigenvalue weighted by Gasteiger charge is 2.19. The maximum Gasteiger partial charge on any atom is 0.337 e. The first-order valence-corrected chi connectivity index (χ1v) is 10.9. The number of fused-ring (bicyclic) bond motifs is 1. The molecule has 2 aromatic rings. The minimum atomic E-state index is -0.481. The quantitative estimate of drug-likeness (QED) is 0.423. The van der Waals surface area contributed by atoms with Gasteiger partial charge in [0.25, 0.3) is 5.56 Å². The average molecular weight is 418 g/mol. The van der Waals surface area contributed by atoms with Crippen molar-refractivity contribution in [2.75, 3.05) is 12.9 Å². The van der Waals surface area contributed by atoms with Crippen molar-refractivity contribution in [3.63, 3.8) is 0 Å². The molecule has 0 saturated heterocycles. The second-order valence-corrected chi connectivity index (χ2v) is 8.71. The molecule has 1 aliphatic rings. The first kappa shape index (κ1) is 21.4. The first-order chi connectivity index (χ1) is 13.9. The van der Waals surface area contributed by atoms with Gasteiger partial charge < -0.3 is 10.1 Å². The fourth-order valence-electron chi connectivity index (χ4n) is 3.55. The lowest BCUT2D eigenvalue weighted by Gasteiger charge is -2.16. The molecule has 0 radical (unpaired) electrons. The van der Waals surface area contributed by atoms with Crippen molar-refractivity contribution in [2.45, 2.75) is 57.3 Å². The van der Waals surface area contributed by atoms with Gasteiger partial charge in [-0.3, -0.25) is 14.2 Å². The van der Waals surface area contributed by atoms with E-state index in [0.29, 0.717) is 28.2 Å². The minimum absolute atomic E-state index is 0.0457. The van der Waals surface area contributed by atoms with Gasteiger partial charge in [0.1, 0.15) is 0 Å². The first-order valence-electron chi connectivity index (χ1n) is 9.94. The van der Waals surface area contributed by atoms with Gasteiger partial charge >= 0.3 is 5.97 Å². The summed E-state index contributed by atoms with van der Waals surface area (Å²) in [6.07, 6.45) is 4.36. The van der Waals surface area contributed by atoms with Crippen LogP contribution in [-0.2, 0) is 16.1 Å². The Bertz CT molecular complexity index is 964. The Kier molecular flexibility index (Phi) is 6.95. The number of carbonyl (C=O) groups is 2. The summed E-state index contributed by atoms with van der Waals surface area (Å²) in [7, 11) is 1.31. The van der Waals surface area contributed by atoms with Crippen LogP contribution in [0.3, 0.4) is 0 Å². The van der Waals surface area contributed by atoms with Crippen LogP contribution in [0.1, 0.15) is 49.9 Å². The van der Waals surface area contributed by atoms with Crippen LogP contribution in [0.5, 0.6) is 0 Å².